The third kappa shape index (κ3) is 3.71. The summed E-state index contributed by atoms with van der Waals surface area (Å²) in [6.45, 7) is 3.37. The Labute approximate surface area is 104 Å². The van der Waals surface area contributed by atoms with E-state index < -0.39 is 23.4 Å². The summed E-state index contributed by atoms with van der Waals surface area (Å²) in [5, 5.41) is 9.92. The highest BCUT2D eigenvalue weighted by Crippen LogP contribution is 2.30. The molecular formula is C13H17F3O2. The Morgan fingerprint density at radius 1 is 1.28 bits per heavy atom. The predicted molar refractivity (Wildman–Crippen MR) is 62.2 cm³/mol. The molecule has 0 fully saturated rings. The summed E-state index contributed by atoms with van der Waals surface area (Å²) in [5.41, 5.74) is -1.07. The van der Waals surface area contributed by atoms with Gasteiger partial charge in [-0.2, -0.15) is 13.2 Å². The number of methoxy groups -OCH3 is 1. The van der Waals surface area contributed by atoms with Crippen LogP contribution in [0.15, 0.2) is 24.3 Å². The molecule has 1 rings (SSSR count). The first-order valence-electron chi connectivity index (χ1n) is 5.56. The molecule has 102 valence electrons. The molecule has 1 unspecified atom stereocenters. The average Bonchev–Trinajstić information content (AvgIpc) is 2.28. The van der Waals surface area contributed by atoms with Crippen molar-refractivity contribution in [2.45, 2.75) is 38.1 Å². The van der Waals surface area contributed by atoms with Gasteiger partial charge in [0.1, 0.15) is 0 Å². The van der Waals surface area contributed by atoms with E-state index in [2.05, 4.69) is 0 Å². The minimum Gasteiger partial charge on any atom is -0.390 e. The lowest BCUT2D eigenvalue weighted by Gasteiger charge is -2.29. The topological polar surface area (TPSA) is 29.5 Å². The minimum absolute atomic E-state index is 0.116. The van der Waals surface area contributed by atoms with Gasteiger partial charge in [0.15, 0.2) is 0 Å². The number of rotatable bonds is 4. The van der Waals surface area contributed by atoms with Crippen LogP contribution in [0.1, 0.15) is 25.0 Å². The van der Waals surface area contributed by atoms with Crippen LogP contribution in [-0.2, 0) is 17.3 Å². The SMILES string of the molecule is COC(C)(C)C(O)Cc1cccc(C(F)(F)F)c1. The van der Waals surface area contributed by atoms with E-state index in [9.17, 15) is 18.3 Å². The van der Waals surface area contributed by atoms with E-state index in [1.165, 1.54) is 13.2 Å². The lowest BCUT2D eigenvalue weighted by molar-refractivity contribution is -0.137. The van der Waals surface area contributed by atoms with Gasteiger partial charge in [0.25, 0.3) is 0 Å². The van der Waals surface area contributed by atoms with Gasteiger partial charge in [0.05, 0.1) is 17.3 Å². The third-order valence-electron chi connectivity index (χ3n) is 3.01. The van der Waals surface area contributed by atoms with E-state index in [0.717, 1.165) is 12.1 Å². The smallest absolute Gasteiger partial charge is 0.390 e. The molecule has 0 aromatic heterocycles. The molecule has 1 atom stereocenters. The van der Waals surface area contributed by atoms with Crippen molar-refractivity contribution in [3.63, 3.8) is 0 Å². The molecule has 0 amide bonds. The van der Waals surface area contributed by atoms with Crippen molar-refractivity contribution in [2.75, 3.05) is 7.11 Å². The van der Waals surface area contributed by atoms with Crippen molar-refractivity contribution >= 4 is 0 Å². The number of hydrogen-bond acceptors (Lipinski definition) is 2. The number of halogens is 3. The molecule has 0 heterocycles. The zero-order valence-corrected chi connectivity index (χ0v) is 10.6. The number of ether oxygens (including phenoxy) is 1. The zero-order chi connectivity index (χ0) is 14.0. The molecule has 18 heavy (non-hydrogen) atoms. The van der Waals surface area contributed by atoms with E-state index in [1.54, 1.807) is 19.9 Å². The number of benzene rings is 1. The first-order chi connectivity index (χ1) is 8.16. The van der Waals surface area contributed by atoms with Crippen molar-refractivity contribution in [3.8, 4) is 0 Å². The molecule has 0 aliphatic heterocycles. The fourth-order valence-corrected chi connectivity index (χ4v) is 1.48. The summed E-state index contributed by atoms with van der Waals surface area (Å²) >= 11 is 0. The second-order valence-corrected chi connectivity index (χ2v) is 4.73. The standard InChI is InChI=1S/C13H17F3O2/c1-12(2,18-3)11(17)8-9-5-4-6-10(7-9)13(14,15)16/h4-7,11,17H,8H2,1-3H3. The molecule has 2 nitrogen and oxygen atoms in total. The quantitative estimate of drug-likeness (QED) is 0.903. The highest BCUT2D eigenvalue weighted by molar-refractivity contribution is 5.26. The van der Waals surface area contributed by atoms with Crippen molar-refractivity contribution < 1.29 is 23.0 Å². The van der Waals surface area contributed by atoms with Crippen molar-refractivity contribution in [1.29, 1.82) is 0 Å². The van der Waals surface area contributed by atoms with Crippen LogP contribution in [0.4, 0.5) is 13.2 Å². The molecule has 1 N–H and O–H groups in total. The molecule has 0 saturated carbocycles. The highest BCUT2D eigenvalue weighted by atomic mass is 19.4. The molecule has 0 aliphatic carbocycles. The summed E-state index contributed by atoms with van der Waals surface area (Å²) in [7, 11) is 1.45. The molecular weight excluding hydrogens is 245 g/mol. The Balaban J connectivity index is 2.86. The molecule has 0 aliphatic rings. The van der Waals surface area contributed by atoms with E-state index in [-0.39, 0.29) is 6.42 Å². The normalized spacial score (nSPS) is 14.6. The van der Waals surface area contributed by atoms with Crippen molar-refractivity contribution in [2.24, 2.45) is 0 Å². The van der Waals surface area contributed by atoms with Crippen LogP contribution in [0.25, 0.3) is 0 Å². The molecule has 0 radical (unpaired) electrons. The Morgan fingerprint density at radius 2 is 1.89 bits per heavy atom. The summed E-state index contributed by atoms with van der Waals surface area (Å²) in [4.78, 5) is 0. The van der Waals surface area contributed by atoms with Gasteiger partial charge in [-0.3, -0.25) is 0 Å². The second kappa shape index (κ2) is 5.28. The van der Waals surface area contributed by atoms with Crippen LogP contribution >= 0.6 is 0 Å². The first-order valence-corrected chi connectivity index (χ1v) is 5.56. The molecule has 0 spiro atoms. The number of hydrogen-bond donors (Lipinski definition) is 1. The Hall–Kier alpha value is -1.07. The molecule has 0 bridgehead atoms. The maximum atomic E-state index is 12.5. The monoisotopic (exact) mass is 262 g/mol. The predicted octanol–water partition coefficient (Wildman–Crippen LogP) is 3.03. The number of aliphatic hydroxyl groups excluding tert-OH is 1. The molecule has 1 aromatic carbocycles. The molecule has 5 heteroatoms. The first kappa shape index (κ1) is 15.0. The Kier molecular flexibility index (Phi) is 4.40. The van der Waals surface area contributed by atoms with E-state index in [1.807, 2.05) is 0 Å². The maximum absolute atomic E-state index is 12.5. The fourth-order valence-electron chi connectivity index (χ4n) is 1.48. The highest BCUT2D eigenvalue weighted by Gasteiger charge is 2.31. The maximum Gasteiger partial charge on any atom is 0.416 e. The zero-order valence-electron chi connectivity index (χ0n) is 10.6. The summed E-state index contributed by atoms with van der Waals surface area (Å²) in [6.07, 6.45) is -5.12. The van der Waals surface area contributed by atoms with Crippen LogP contribution in [0.5, 0.6) is 0 Å². The average molecular weight is 262 g/mol. The summed E-state index contributed by atoms with van der Waals surface area (Å²) in [5.74, 6) is 0. The third-order valence-corrected chi connectivity index (χ3v) is 3.01. The fraction of sp³-hybridized carbons (Fsp3) is 0.538. The van der Waals surface area contributed by atoms with Gasteiger partial charge in [-0.1, -0.05) is 18.2 Å². The van der Waals surface area contributed by atoms with Gasteiger partial charge in [0, 0.05) is 13.5 Å². The van der Waals surface area contributed by atoms with Crippen LogP contribution in [0, 0.1) is 0 Å². The van der Waals surface area contributed by atoms with Crippen LogP contribution in [0.2, 0.25) is 0 Å². The van der Waals surface area contributed by atoms with Gasteiger partial charge in [-0.05, 0) is 25.5 Å². The van der Waals surface area contributed by atoms with Gasteiger partial charge in [-0.15, -0.1) is 0 Å². The van der Waals surface area contributed by atoms with E-state index in [0.29, 0.717) is 5.56 Å². The van der Waals surface area contributed by atoms with Gasteiger partial charge in [0.2, 0.25) is 0 Å². The summed E-state index contributed by atoms with van der Waals surface area (Å²) < 4.78 is 42.7. The second-order valence-electron chi connectivity index (χ2n) is 4.73. The molecule has 1 aromatic rings. The van der Waals surface area contributed by atoms with Gasteiger partial charge in [-0.25, -0.2) is 0 Å². The number of alkyl halides is 3. The molecule has 0 saturated heterocycles. The Bertz CT molecular complexity index is 399. The van der Waals surface area contributed by atoms with Crippen LogP contribution < -0.4 is 0 Å². The largest absolute Gasteiger partial charge is 0.416 e. The Morgan fingerprint density at radius 3 is 2.39 bits per heavy atom. The van der Waals surface area contributed by atoms with E-state index >= 15 is 0 Å². The van der Waals surface area contributed by atoms with Crippen LogP contribution in [0.3, 0.4) is 0 Å². The van der Waals surface area contributed by atoms with Crippen LogP contribution in [-0.4, -0.2) is 23.9 Å². The minimum atomic E-state index is -4.36. The lowest BCUT2D eigenvalue weighted by Crippen LogP contribution is -2.39. The van der Waals surface area contributed by atoms with Gasteiger partial charge >= 0.3 is 6.18 Å². The number of aliphatic hydroxyl groups is 1. The van der Waals surface area contributed by atoms with Gasteiger partial charge < -0.3 is 9.84 Å². The lowest BCUT2D eigenvalue weighted by atomic mass is 9.94. The van der Waals surface area contributed by atoms with E-state index in [4.69, 9.17) is 4.74 Å². The van der Waals surface area contributed by atoms with Crippen molar-refractivity contribution in [1.82, 2.24) is 0 Å². The van der Waals surface area contributed by atoms with Crippen molar-refractivity contribution in [3.05, 3.63) is 35.4 Å². The summed E-state index contributed by atoms with van der Waals surface area (Å²) in [6, 6.07) is 4.96.